The molecule has 0 saturated carbocycles. The van der Waals surface area contributed by atoms with Crippen molar-refractivity contribution in [1.82, 2.24) is 20.4 Å². The van der Waals surface area contributed by atoms with Gasteiger partial charge in [-0.2, -0.15) is 5.10 Å². The van der Waals surface area contributed by atoms with E-state index in [4.69, 9.17) is 4.99 Å². The zero-order valence-electron chi connectivity index (χ0n) is 17.7. The number of hydrogen-bond acceptors (Lipinski definition) is 4. The topological polar surface area (TPSA) is 77.7 Å². The van der Waals surface area contributed by atoms with Gasteiger partial charge in [-0.25, -0.2) is 4.99 Å². The summed E-state index contributed by atoms with van der Waals surface area (Å²) in [7, 11) is 5.91. The Balaban J connectivity index is 0.00000392. The van der Waals surface area contributed by atoms with Gasteiger partial charge in [-0.3, -0.25) is 4.68 Å². The van der Waals surface area contributed by atoms with Crippen LogP contribution in [-0.4, -0.2) is 48.0 Å². The van der Waals surface area contributed by atoms with Crippen molar-refractivity contribution in [2.45, 2.75) is 32.9 Å². The molecule has 1 heterocycles. The predicted molar refractivity (Wildman–Crippen MR) is 127 cm³/mol. The van der Waals surface area contributed by atoms with Crippen molar-refractivity contribution in [1.29, 1.82) is 0 Å². The molecule has 2 aromatic rings. The zero-order chi connectivity index (χ0) is 20.0. The van der Waals surface area contributed by atoms with Crippen LogP contribution in [0.25, 0.3) is 0 Å². The van der Waals surface area contributed by atoms with Crippen LogP contribution < -0.4 is 15.5 Å². The molecule has 0 amide bonds. The van der Waals surface area contributed by atoms with E-state index in [1.165, 1.54) is 5.56 Å². The van der Waals surface area contributed by atoms with Crippen molar-refractivity contribution in [2.75, 3.05) is 32.1 Å². The molecule has 0 radical (unpaired) electrons. The molecule has 0 aliphatic carbocycles. The minimum atomic E-state index is -1.04. The average molecular weight is 500 g/mol. The maximum absolute atomic E-state index is 10.7. The number of hydrogen-bond donors (Lipinski definition) is 3. The van der Waals surface area contributed by atoms with Crippen LogP contribution in [0, 0.1) is 6.92 Å². The van der Waals surface area contributed by atoms with E-state index in [1.54, 1.807) is 17.8 Å². The minimum absolute atomic E-state index is 0. The van der Waals surface area contributed by atoms with Crippen LogP contribution in [0.4, 0.5) is 5.69 Å². The second-order valence-electron chi connectivity index (χ2n) is 7.25. The van der Waals surface area contributed by atoms with Crippen molar-refractivity contribution in [3.8, 4) is 0 Å². The molecular weight excluding hydrogens is 467 g/mol. The van der Waals surface area contributed by atoms with Gasteiger partial charge in [-0.1, -0.05) is 12.1 Å². The summed E-state index contributed by atoms with van der Waals surface area (Å²) in [5.41, 5.74) is 3.27. The highest BCUT2D eigenvalue weighted by molar-refractivity contribution is 14.0. The Hall–Kier alpha value is -1.81. The number of benzene rings is 1. The second-order valence-corrected chi connectivity index (χ2v) is 7.25. The van der Waals surface area contributed by atoms with Crippen LogP contribution >= 0.6 is 24.0 Å². The molecule has 8 heteroatoms. The molecule has 0 spiro atoms. The summed E-state index contributed by atoms with van der Waals surface area (Å²) in [5, 5.41) is 21.4. The van der Waals surface area contributed by atoms with E-state index in [0.717, 1.165) is 23.4 Å². The Labute approximate surface area is 185 Å². The van der Waals surface area contributed by atoms with Crippen molar-refractivity contribution in [3.05, 3.63) is 47.3 Å². The number of halogens is 1. The van der Waals surface area contributed by atoms with Crippen LogP contribution in [0.2, 0.25) is 0 Å². The lowest BCUT2D eigenvalue weighted by atomic mass is 10.00. The Kier molecular flexibility index (Phi) is 9.22. The molecular formula is C20H33IN6O. The van der Waals surface area contributed by atoms with E-state index >= 15 is 0 Å². The molecule has 1 unspecified atom stereocenters. The average Bonchev–Trinajstić information content (AvgIpc) is 3.05. The quantitative estimate of drug-likeness (QED) is 0.309. The van der Waals surface area contributed by atoms with Crippen LogP contribution in [0.5, 0.6) is 0 Å². The number of aliphatic hydroxyl groups is 1. The molecule has 1 atom stereocenters. The number of nitrogens with zero attached hydrogens (tertiary/aromatic N) is 4. The zero-order valence-corrected chi connectivity index (χ0v) is 20.0. The lowest BCUT2D eigenvalue weighted by molar-refractivity contribution is 0.0616. The molecule has 1 aromatic carbocycles. The molecule has 3 N–H and O–H groups in total. The Bertz CT molecular complexity index is 785. The first-order valence-electron chi connectivity index (χ1n) is 9.23. The summed E-state index contributed by atoms with van der Waals surface area (Å²) in [4.78, 5) is 6.80. The first kappa shape index (κ1) is 24.2. The summed E-state index contributed by atoms with van der Waals surface area (Å²) < 4.78 is 1.68. The van der Waals surface area contributed by atoms with Gasteiger partial charge in [0.05, 0.1) is 19.3 Å². The third-order valence-electron chi connectivity index (χ3n) is 4.40. The maximum Gasteiger partial charge on any atom is 0.191 e. The van der Waals surface area contributed by atoms with Gasteiger partial charge in [0.15, 0.2) is 5.96 Å². The highest BCUT2D eigenvalue weighted by Crippen LogP contribution is 2.21. The van der Waals surface area contributed by atoms with E-state index in [0.29, 0.717) is 19.0 Å². The van der Waals surface area contributed by atoms with E-state index in [1.807, 2.05) is 34.3 Å². The third kappa shape index (κ3) is 6.66. The van der Waals surface area contributed by atoms with E-state index in [-0.39, 0.29) is 24.0 Å². The number of guanidine groups is 1. The molecule has 2 rings (SSSR count). The highest BCUT2D eigenvalue weighted by Gasteiger charge is 2.25. The monoisotopic (exact) mass is 500 g/mol. The molecule has 0 saturated heterocycles. The van der Waals surface area contributed by atoms with Gasteiger partial charge in [0, 0.05) is 45.1 Å². The van der Waals surface area contributed by atoms with E-state index in [2.05, 4.69) is 45.8 Å². The van der Waals surface area contributed by atoms with Crippen molar-refractivity contribution >= 4 is 35.6 Å². The molecule has 156 valence electrons. The Morgan fingerprint density at radius 1 is 1.32 bits per heavy atom. The molecule has 1 aromatic heterocycles. The number of nitrogens with one attached hydrogen (secondary N) is 2. The molecule has 0 bridgehead atoms. The van der Waals surface area contributed by atoms with Crippen molar-refractivity contribution in [3.63, 3.8) is 0 Å². The van der Waals surface area contributed by atoms with E-state index in [9.17, 15) is 5.11 Å². The summed E-state index contributed by atoms with van der Waals surface area (Å²) >= 11 is 0. The normalized spacial score (nSPS) is 13.5. The summed E-state index contributed by atoms with van der Waals surface area (Å²) in [6.45, 7) is 7.51. The van der Waals surface area contributed by atoms with Gasteiger partial charge in [0.1, 0.15) is 5.60 Å². The van der Waals surface area contributed by atoms with Crippen LogP contribution in [0.15, 0.2) is 35.6 Å². The summed E-state index contributed by atoms with van der Waals surface area (Å²) in [5.74, 6) is 0.673. The largest absolute Gasteiger partial charge is 0.383 e. The van der Waals surface area contributed by atoms with Crippen molar-refractivity contribution < 1.29 is 5.11 Å². The van der Waals surface area contributed by atoms with Crippen molar-refractivity contribution in [2.24, 2.45) is 12.0 Å². The number of aliphatic imine (C=N–C) groups is 1. The fraction of sp³-hybridized carbons (Fsp3) is 0.500. The minimum Gasteiger partial charge on any atom is -0.383 e. The van der Waals surface area contributed by atoms with Crippen LogP contribution in [-0.2, 0) is 19.2 Å². The predicted octanol–water partition coefficient (Wildman–Crippen LogP) is 2.38. The van der Waals surface area contributed by atoms with Gasteiger partial charge in [-0.05, 0) is 38.0 Å². The number of rotatable bonds is 7. The van der Waals surface area contributed by atoms with Gasteiger partial charge in [0.25, 0.3) is 0 Å². The third-order valence-corrected chi connectivity index (χ3v) is 4.40. The Morgan fingerprint density at radius 3 is 2.61 bits per heavy atom. The SMILES string of the molecule is CCNC(=NCc1ccc(C)cc1N(C)C)NCC(C)(O)c1cnn(C)c1.I. The van der Waals surface area contributed by atoms with Gasteiger partial charge in [0.2, 0.25) is 0 Å². The fourth-order valence-electron chi connectivity index (χ4n) is 2.79. The Morgan fingerprint density at radius 2 is 2.04 bits per heavy atom. The van der Waals surface area contributed by atoms with Gasteiger partial charge in [-0.15, -0.1) is 24.0 Å². The summed E-state index contributed by atoms with van der Waals surface area (Å²) in [6, 6.07) is 6.38. The summed E-state index contributed by atoms with van der Waals surface area (Å²) in [6.07, 6.45) is 3.50. The maximum atomic E-state index is 10.7. The molecule has 7 nitrogen and oxygen atoms in total. The fourth-order valence-corrected chi connectivity index (χ4v) is 2.79. The molecule has 0 aliphatic rings. The van der Waals surface area contributed by atoms with E-state index < -0.39 is 5.60 Å². The second kappa shape index (κ2) is 10.7. The standard InChI is InChI=1S/C20H32N6O.HI/c1-7-21-19(23-14-20(3,27)17-12-24-26(6)13-17)22-11-16-9-8-15(2)10-18(16)25(4)5;/h8-10,12-13,27H,7,11,14H2,1-6H3,(H2,21,22,23);1H. The molecule has 0 aliphatic heterocycles. The molecule has 0 fully saturated rings. The first-order chi connectivity index (χ1) is 12.7. The lowest BCUT2D eigenvalue weighted by Crippen LogP contribution is -2.44. The van der Waals surface area contributed by atoms with Gasteiger partial charge >= 0.3 is 0 Å². The first-order valence-corrected chi connectivity index (χ1v) is 9.23. The molecule has 28 heavy (non-hydrogen) atoms. The lowest BCUT2D eigenvalue weighted by Gasteiger charge is -2.24. The number of aromatic nitrogens is 2. The van der Waals surface area contributed by atoms with Gasteiger partial charge < -0.3 is 20.6 Å². The number of anilines is 1. The smallest absolute Gasteiger partial charge is 0.191 e. The van der Waals surface area contributed by atoms with Crippen LogP contribution in [0.1, 0.15) is 30.5 Å². The number of aryl methyl sites for hydroxylation is 2. The highest BCUT2D eigenvalue weighted by atomic mass is 127. The van der Waals surface area contributed by atoms with Crippen LogP contribution in [0.3, 0.4) is 0 Å².